The summed E-state index contributed by atoms with van der Waals surface area (Å²) in [5.41, 5.74) is 2.00. The van der Waals surface area contributed by atoms with Crippen LogP contribution in [0.1, 0.15) is 27.5 Å². The molecule has 1 atom stereocenters. The maximum absolute atomic E-state index is 13.3. The molecule has 3 aromatic carbocycles. The minimum atomic E-state index is -3.69. The van der Waals surface area contributed by atoms with Gasteiger partial charge >= 0.3 is 0 Å². The van der Waals surface area contributed by atoms with Crippen molar-refractivity contribution in [1.29, 1.82) is 0 Å². The second kappa shape index (κ2) is 12.4. The van der Waals surface area contributed by atoms with E-state index in [1.165, 1.54) is 7.05 Å². The van der Waals surface area contributed by atoms with E-state index in [-0.39, 0.29) is 17.2 Å². The van der Waals surface area contributed by atoms with Crippen molar-refractivity contribution in [2.45, 2.75) is 12.5 Å². The van der Waals surface area contributed by atoms with Gasteiger partial charge in [-0.2, -0.15) is 4.31 Å². The number of nitrogens with zero attached hydrogens (tertiary/aromatic N) is 1. The fourth-order valence-corrected chi connectivity index (χ4v) is 4.40. The number of para-hydroxylation sites is 1. The first kappa shape index (κ1) is 27.7. The molecule has 0 saturated heterocycles. The van der Waals surface area contributed by atoms with Gasteiger partial charge in [0, 0.05) is 13.6 Å². The van der Waals surface area contributed by atoms with Crippen molar-refractivity contribution >= 4 is 27.5 Å². The Morgan fingerprint density at radius 2 is 1.57 bits per heavy atom. The van der Waals surface area contributed by atoms with Crippen LogP contribution in [0.3, 0.4) is 0 Å². The van der Waals surface area contributed by atoms with Crippen LogP contribution in [0.4, 0.5) is 5.69 Å². The molecule has 10 heteroatoms. The molecular weight excluding hydrogens is 494 g/mol. The number of carbonyl (C=O) groups is 2. The van der Waals surface area contributed by atoms with Crippen LogP contribution < -0.4 is 20.1 Å². The van der Waals surface area contributed by atoms with Crippen LogP contribution in [0.5, 0.6) is 11.5 Å². The Hall–Kier alpha value is -3.89. The Bertz CT molecular complexity index is 1350. The second-order valence-electron chi connectivity index (χ2n) is 8.32. The van der Waals surface area contributed by atoms with Crippen LogP contribution >= 0.6 is 0 Å². The average Bonchev–Trinajstić information content (AvgIpc) is 2.89. The molecule has 37 heavy (non-hydrogen) atoms. The number of hydrogen-bond acceptors (Lipinski definition) is 6. The largest absolute Gasteiger partial charge is 0.493 e. The summed E-state index contributed by atoms with van der Waals surface area (Å²) in [6, 6.07) is 19.6. The van der Waals surface area contributed by atoms with Crippen LogP contribution in [0.2, 0.25) is 0 Å². The van der Waals surface area contributed by atoms with Crippen LogP contribution in [0.25, 0.3) is 0 Å². The molecule has 0 saturated carbocycles. The predicted octanol–water partition coefficient (Wildman–Crippen LogP) is 3.25. The van der Waals surface area contributed by atoms with Gasteiger partial charge in [-0.15, -0.1) is 0 Å². The molecule has 0 radical (unpaired) electrons. The van der Waals surface area contributed by atoms with Crippen molar-refractivity contribution in [2.75, 3.05) is 39.4 Å². The van der Waals surface area contributed by atoms with Gasteiger partial charge in [0.1, 0.15) is 6.04 Å². The van der Waals surface area contributed by atoms with Gasteiger partial charge in [0.05, 0.1) is 31.7 Å². The molecule has 1 unspecified atom stereocenters. The highest BCUT2D eigenvalue weighted by atomic mass is 32.2. The number of sulfonamides is 1. The maximum Gasteiger partial charge on any atom is 0.253 e. The highest BCUT2D eigenvalue weighted by molar-refractivity contribution is 7.88. The number of nitrogens with one attached hydrogen (secondary N) is 2. The van der Waals surface area contributed by atoms with Crippen molar-refractivity contribution < 1.29 is 27.5 Å². The van der Waals surface area contributed by atoms with Crippen LogP contribution in [-0.2, 0) is 21.2 Å². The quantitative estimate of drug-likeness (QED) is 0.397. The Balaban J connectivity index is 1.74. The first-order valence-electron chi connectivity index (χ1n) is 11.5. The monoisotopic (exact) mass is 525 g/mol. The van der Waals surface area contributed by atoms with Gasteiger partial charge in [0.25, 0.3) is 5.91 Å². The fraction of sp³-hybridized carbons (Fsp3) is 0.259. The van der Waals surface area contributed by atoms with Crippen LogP contribution in [0.15, 0.2) is 72.8 Å². The van der Waals surface area contributed by atoms with E-state index in [0.717, 1.165) is 16.1 Å². The summed E-state index contributed by atoms with van der Waals surface area (Å²) < 4.78 is 36.1. The van der Waals surface area contributed by atoms with Crippen LogP contribution in [0, 0.1) is 0 Å². The number of methoxy groups -OCH3 is 2. The lowest BCUT2D eigenvalue weighted by Gasteiger charge is -2.26. The number of likely N-dealkylation sites (N-methyl/N-ethyl adjacent to an activating group) is 1. The number of ether oxygens (including phenoxy) is 2. The first-order chi connectivity index (χ1) is 17.7. The number of rotatable bonds is 11. The average molecular weight is 526 g/mol. The molecule has 0 aliphatic heterocycles. The SMILES string of the molecule is COc1ccc(CCNC(=O)c2ccccc2NC(=O)C(c2ccccc2)N(C)S(C)(=O)=O)cc1OC. The van der Waals surface area contributed by atoms with E-state index in [1.807, 2.05) is 12.1 Å². The van der Waals surface area contributed by atoms with Crippen molar-refractivity contribution in [3.8, 4) is 11.5 Å². The van der Waals surface area contributed by atoms with Crippen LogP contribution in [-0.4, -0.2) is 58.6 Å². The van der Waals surface area contributed by atoms with Crippen molar-refractivity contribution in [3.05, 3.63) is 89.5 Å². The third-order valence-electron chi connectivity index (χ3n) is 5.83. The molecule has 2 amide bonds. The summed E-state index contributed by atoms with van der Waals surface area (Å²) >= 11 is 0. The van der Waals surface area contributed by atoms with Gasteiger partial charge in [-0.05, 0) is 41.8 Å². The standard InChI is InChI=1S/C27H31N3O6S/c1-30(37(4,33)34)25(20-10-6-5-7-11-20)27(32)29-22-13-9-8-12-21(22)26(31)28-17-16-19-14-15-23(35-2)24(18-19)36-3/h5-15,18,25H,16-17H2,1-4H3,(H,28,31)(H,29,32). The van der Waals surface area contributed by atoms with Gasteiger partial charge < -0.3 is 20.1 Å². The second-order valence-corrected chi connectivity index (χ2v) is 10.4. The van der Waals surface area contributed by atoms with E-state index in [2.05, 4.69) is 10.6 Å². The molecule has 3 rings (SSSR count). The number of carbonyl (C=O) groups excluding carboxylic acids is 2. The lowest BCUT2D eigenvalue weighted by molar-refractivity contribution is -0.119. The highest BCUT2D eigenvalue weighted by Gasteiger charge is 2.31. The molecule has 2 N–H and O–H groups in total. The highest BCUT2D eigenvalue weighted by Crippen LogP contribution is 2.28. The molecule has 0 aliphatic rings. The van der Waals surface area contributed by atoms with E-state index in [4.69, 9.17) is 9.47 Å². The number of amides is 2. The minimum Gasteiger partial charge on any atom is -0.493 e. The third kappa shape index (κ3) is 7.08. The summed E-state index contributed by atoms with van der Waals surface area (Å²) in [6.45, 7) is 0.347. The minimum absolute atomic E-state index is 0.261. The van der Waals surface area contributed by atoms with E-state index in [1.54, 1.807) is 74.9 Å². The summed E-state index contributed by atoms with van der Waals surface area (Å²) in [6.07, 6.45) is 1.59. The van der Waals surface area contributed by atoms with Gasteiger partial charge in [0.2, 0.25) is 15.9 Å². The van der Waals surface area contributed by atoms with Gasteiger partial charge in [-0.25, -0.2) is 8.42 Å². The first-order valence-corrected chi connectivity index (χ1v) is 13.4. The fourth-order valence-electron chi connectivity index (χ4n) is 3.80. The van der Waals surface area contributed by atoms with Crippen molar-refractivity contribution in [1.82, 2.24) is 9.62 Å². The Kier molecular flexibility index (Phi) is 9.26. The topological polar surface area (TPSA) is 114 Å². The molecule has 3 aromatic rings. The van der Waals surface area contributed by atoms with Gasteiger partial charge in [-0.3, -0.25) is 9.59 Å². The summed E-state index contributed by atoms with van der Waals surface area (Å²) in [5, 5.41) is 5.61. The normalized spacial score (nSPS) is 12.0. The lowest BCUT2D eigenvalue weighted by Crippen LogP contribution is -2.38. The molecule has 0 fully saturated rings. The smallest absolute Gasteiger partial charge is 0.253 e. The molecule has 0 spiro atoms. The van der Waals surface area contributed by atoms with Crippen molar-refractivity contribution in [3.63, 3.8) is 0 Å². The number of benzene rings is 3. The molecule has 0 bridgehead atoms. The lowest BCUT2D eigenvalue weighted by atomic mass is 10.1. The van der Waals surface area contributed by atoms with E-state index >= 15 is 0 Å². The molecule has 9 nitrogen and oxygen atoms in total. The zero-order valence-corrected chi connectivity index (χ0v) is 22.0. The molecular formula is C27H31N3O6S. The number of anilines is 1. The van der Waals surface area contributed by atoms with E-state index in [9.17, 15) is 18.0 Å². The van der Waals surface area contributed by atoms with E-state index < -0.39 is 22.0 Å². The molecule has 0 heterocycles. The Morgan fingerprint density at radius 3 is 2.22 bits per heavy atom. The van der Waals surface area contributed by atoms with E-state index in [0.29, 0.717) is 30.0 Å². The third-order valence-corrected chi connectivity index (χ3v) is 7.08. The van der Waals surface area contributed by atoms with Crippen molar-refractivity contribution in [2.24, 2.45) is 0 Å². The number of hydrogen-bond donors (Lipinski definition) is 2. The maximum atomic E-state index is 13.3. The van der Waals surface area contributed by atoms with Gasteiger partial charge in [-0.1, -0.05) is 48.5 Å². The molecule has 0 aliphatic carbocycles. The van der Waals surface area contributed by atoms with Gasteiger partial charge in [0.15, 0.2) is 11.5 Å². The summed E-state index contributed by atoms with van der Waals surface area (Å²) in [4.78, 5) is 26.3. The summed E-state index contributed by atoms with van der Waals surface area (Å²) in [5.74, 6) is 0.274. The Morgan fingerprint density at radius 1 is 0.919 bits per heavy atom. The molecule has 0 aromatic heterocycles. The predicted molar refractivity (Wildman–Crippen MR) is 142 cm³/mol. The summed E-state index contributed by atoms with van der Waals surface area (Å²) in [7, 11) is 0.786. The Labute approximate surface area is 217 Å². The zero-order valence-electron chi connectivity index (χ0n) is 21.2. The zero-order chi connectivity index (χ0) is 27.0. The molecule has 196 valence electrons.